The molecule has 2 aromatic rings. The summed E-state index contributed by atoms with van der Waals surface area (Å²) >= 11 is 0. The highest BCUT2D eigenvalue weighted by molar-refractivity contribution is 5.69. The first kappa shape index (κ1) is 29.9. The van der Waals surface area contributed by atoms with Crippen LogP contribution in [-0.2, 0) is 22.5 Å². The van der Waals surface area contributed by atoms with E-state index in [1.165, 1.54) is 75.3 Å². The molecule has 0 aliphatic heterocycles. The van der Waals surface area contributed by atoms with Crippen LogP contribution in [-0.4, -0.2) is 44.3 Å². The fourth-order valence-corrected chi connectivity index (χ4v) is 4.58. The number of nitrogens with zero attached hydrogens (tertiary/aromatic N) is 1. The number of aryl methyl sites for hydroxylation is 1. The van der Waals surface area contributed by atoms with Gasteiger partial charge in [0.15, 0.2) is 0 Å². The van der Waals surface area contributed by atoms with Crippen molar-refractivity contribution in [2.24, 2.45) is 0 Å². The monoisotopic (exact) mass is 496 g/mol. The molecule has 36 heavy (non-hydrogen) atoms. The number of hydrogen-bond acceptors (Lipinski definition) is 3. The largest absolute Gasteiger partial charge is 0.490 e. The molecule has 0 atom stereocenters. The van der Waals surface area contributed by atoms with Crippen molar-refractivity contribution in [3.05, 3.63) is 65.7 Å². The van der Waals surface area contributed by atoms with Crippen molar-refractivity contribution in [3.8, 4) is 5.75 Å². The molecule has 4 nitrogen and oxygen atoms in total. The zero-order valence-corrected chi connectivity index (χ0v) is 23.2. The number of esters is 1. The van der Waals surface area contributed by atoms with Crippen molar-refractivity contribution in [3.63, 3.8) is 0 Å². The molecular formula is C32H50NO3+. The van der Waals surface area contributed by atoms with Crippen LogP contribution in [0.3, 0.4) is 0 Å². The zero-order valence-electron chi connectivity index (χ0n) is 23.2. The van der Waals surface area contributed by atoms with Gasteiger partial charge in [0.2, 0.25) is 0 Å². The molecule has 200 valence electrons. The maximum absolute atomic E-state index is 12.2. The first-order valence-electron chi connectivity index (χ1n) is 14.2. The first-order chi connectivity index (χ1) is 17.5. The molecule has 0 fully saturated rings. The van der Waals surface area contributed by atoms with Gasteiger partial charge in [-0.2, -0.15) is 0 Å². The van der Waals surface area contributed by atoms with Crippen LogP contribution in [0.25, 0.3) is 0 Å². The Kier molecular flexibility index (Phi) is 14.9. The van der Waals surface area contributed by atoms with Gasteiger partial charge in [-0.15, -0.1) is 0 Å². The van der Waals surface area contributed by atoms with E-state index < -0.39 is 0 Å². The van der Waals surface area contributed by atoms with Gasteiger partial charge >= 0.3 is 5.97 Å². The topological polar surface area (TPSA) is 35.5 Å². The number of rotatable bonds is 20. The van der Waals surface area contributed by atoms with Gasteiger partial charge in [-0.1, -0.05) is 113 Å². The highest BCUT2D eigenvalue weighted by Gasteiger charge is 2.18. The lowest BCUT2D eigenvalue weighted by molar-refractivity contribution is -0.903. The summed E-state index contributed by atoms with van der Waals surface area (Å²) in [5.74, 6) is 0.765. The maximum atomic E-state index is 12.2. The van der Waals surface area contributed by atoms with Gasteiger partial charge < -0.3 is 14.0 Å². The van der Waals surface area contributed by atoms with Crippen LogP contribution >= 0.6 is 0 Å². The van der Waals surface area contributed by atoms with Crippen molar-refractivity contribution in [2.45, 2.75) is 90.5 Å². The van der Waals surface area contributed by atoms with Crippen molar-refractivity contribution >= 4 is 5.97 Å². The normalized spacial score (nSPS) is 11.4. The third kappa shape index (κ3) is 13.7. The highest BCUT2D eigenvalue weighted by atomic mass is 16.6. The number of hydrogen-bond donors (Lipinski definition) is 0. The summed E-state index contributed by atoms with van der Waals surface area (Å²) in [7, 11) is 4.30. The Balaban J connectivity index is 1.57. The van der Waals surface area contributed by atoms with E-state index in [0.717, 1.165) is 29.7 Å². The lowest BCUT2D eigenvalue weighted by Gasteiger charge is -2.29. The average Bonchev–Trinajstić information content (AvgIpc) is 2.87. The Labute approximate surface area is 220 Å². The molecule has 0 spiro atoms. The summed E-state index contributed by atoms with van der Waals surface area (Å²) in [6, 6.07) is 18.7. The number of unbranched alkanes of at least 4 members (excludes halogenated alkanes) is 9. The zero-order chi connectivity index (χ0) is 25.9. The van der Waals surface area contributed by atoms with Crippen molar-refractivity contribution in [2.75, 3.05) is 33.9 Å². The van der Waals surface area contributed by atoms with E-state index in [9.17, 15) is 4.79 Å². The standard InChI is InChI=1S/C32H50NO3/c1-4-5-6-7-8-9-10-11-12-16-21-30-22-17-18-23-31(30)35-26-27-36-32(34)24-25-33(2,3)28-29-19-14-13-15-20-29/h13-15,17-20,22-23H,4-12,16,21,24-28H2,1-3H3/q+1. The van der Waals surface area contributed by atoms with Gasteiger partial charge in [-0.3, -0.25) is 4.79 Å². The molecular weight excluding hydrogens is 446 g/mol. The highest BCUT2D eigenvalue weighted by Crippen LogP contribution is 2.21. The van der Waals surface area contributed by atoms with Gasteiger partial charge in [0.1, 0.15) is 25.5 Å². The second-order valence-corrected chi connectivity index (χ2v) is 10.7. The summed E-state index contributed by atoms with van der Waals surface area (Å²) < 4.78 is 12.2. The van der Waals surface area contributed by atoms with Crippen LogP contribution in [0, 0.1) is 0 Å². The number of benzene rings is 2. The van der Waals surface area contributed by atoms with E-state index >= 15 is 0 Å². The van der Waals surface area contributed by atoms with Crippen molar-refractivity contribution < 1.29 is 18.8 Å². The van der Waals surface area contributed by atoms with Crippen LogP contribution in [0.15, 0.2) is 54.6 Å². The maximum Gasteiger partial charge on any atom is 0.311 e. The average molecular weight is 497 g/mol. The molecule has 0 aliphatic carbocycles. The molecule has 4 heteroatoms. The smallest absolute Gasteiger partial charge is 0.311 e. The van der Waals surface area contributed by atoms with E-state index in [0.29, 0.717) is 13.0 Å². The summed E-state index contributed by atoms with van der Waals surface area (Å²) in [5.41, 5.74) is 2.53. The molecule has 0 saturated heterocycles. The number of para-hydroxylation sites is 1. The summed E-state index contributed by atoms with van der Waals surface area (Å²) in [5, 5.41) is 0. The van der Waals surface area contributed by atoms with Gasteiger partial charge in [-0.25, -0.2) is 0 Å². The molecule has 0 unspecified atom stereocenters. The quantitative estimate of drug-likeness (QED) is 0.107. The number of quaternary nitrogens is 1. The van der Waals surface area contributed by atoms with Crippen LogP contribution in [0.2, 0.25) is 0 Å². The summed E-state index contributed by atoms with van der Waals surface area (Å²) in [6.45, 7) is 4.60. The SMILES string of the molecule is CCCCCCCCCCCCc1ccccc1OCCOC(=O)CC[N+](C)(C)Cc1ccccc1. The minimum absolute atomic E-state index is 0.156. The van der Waals surface area contributed by atoms with Crippen LogP contribution in [0.1, 0.15) is 88.7 Å². The molecule has 0 aliphatic rings. The first-order valence-corrected chi connectivity index (χ1v) is 14.2. The number of carbonyl (C=O) groups is 1. The Morgan fingerprint density at radius 3 is 2.06 bits per heavy atom. The Morgan fingerprint density at radius 1 is 0.750 bits per heavy atom. The van der Waals surface area contributed by atoms with Gasteiger partial charge in [0, 0.05) is 5.56 Å². The molecule has 0 heterocycles. The van der Waals surface area contributed by atoms with Crippen LogP contribution in [0.5, 0.6) is 5.75 Å². The molecule has 0 amide bonds. The molecule has 0 N–H and O–H groups in total. The lowest BCUT2D eigenvalue weighted by Crippen LogP contribution is -2.40. The Morgan fingerprint density at radius 2 is 1.36 bits per heavy atom. The van der Waals surface area contributed by atoms with E-state index in [-0.39, 0.29) is 12.6 Å². The minimum Gasteiger partial charge on any atom is -0.490 e. The Hall–Kier alpha value is -2.33. The molecule has 0 aromatic heterocycles. The molecule has 2 rings (SSSR count). The number of carbonyl (C=O) groups excluding carboxylic acids is 1. The van der Waals surface area contributed by atoms with Gasteiger partial charge in [0.25, 0.3) is 0 Å². The minimum atomic E-state index is -0.156. The van der Waals surface area contributed by atoms with Crippen molar-refractivity contribution in [1.29, 1.82) is 0 Å². The van der Waals surface area contributed by atoms with Gasteiger partial charge in [0.05, 0.1) is 27.1 Å². The number of ether oxygens (including phenoxy) is 2. The third-order valence-electron chi connectivity index (χ3n) is 6.75. The molecule has 2 aromatic carbocycles. The Bertz CT molecular complexity index is 834. The summed E-state index contributed by atoms with van der Waals surface area (Å²) in [6.07, 6.45) is 14.9. The van der Waals surface area contributed by atoms with E-state index in [1.54, 1.807) is 0 Å². The predicted octanol–water partition coefficient (Wildman–Crippen LogP) is 7.74. The molecule has 0 bridgehead atoms. The van der Waals surface area contributed by atoms with E-state index in [2.05, 4.69) is 57.4 Å². The third-order valence-corrected chi connectivity index (χ3v) is 6.75. The van der Waals surface area contributed by atoms with Crippen molar-refractivity contribution in [1.82, 2.24) is 0 Å². The fraction of sp³-hybridized carbons (Fsp3) is 0.594. The summed E-state index contributed by atoms with van der Waals surface area (Å²) in [4.78, 5) is 12.2. The van der Waals surface area contributed by atoms with Gasteiger partial charge in [-0.05, 0) is 24.5 Å². The fourth-order valence-electron chi connectivity index (χ4n) is 4.58. The second kappa shape index (κ2) is 18.0. The van der Waals surface area contributed by atoms with E-state index in [4.69, 9.17) is 9.47 Å². The lowest BCUT2D eigenvalue weighted by atomic mass is 10.0. The molecule has 0 saturated carbocycles. The second-order valence-electron chi connectivity index (χ2n) is 10.7. The van der Waals surface area contributed by atoms with Crippen LogP contribution in [0.4, 0.5) is 0 Å². The predicted molar refractivity (Wildman–Crippen MR) is 150 cm³/mol. The van der Waals surface area contributed by atoms with Crippen LogP contribution < -0.4 is 4.74 Å². The molecule has 0 radical (unpaired) electrons. The van der Waals surface area contributed by atoms with E-state index in [1.807, 2.05) is 18.2 Å².